The first kappa shape index (κ1) is 18.9. The summed E-state index contributed by atoms with van der Waals surface area (Å²) in [5, 5.41) is 0.840. The first-order valence-corrected chi connectivity index (χ1v) is 11.3. The molecule has 3 nitrogen and oxygen atoms in total. The molecular formula is C19H33O3P. The van der Waals surface area contributed by atoms with Gasteiger partial charge in [0.05, 0.1) is 0 Å². The Kier molecular flexibility index (Phi) is 6.24. The molecule has 1 fully saturated rings. The summed E-state index contributed by atoms with van der Waals surface area (Å²) in [5.74, 6) is 0. The molecule has 0 radical (unpaired) electrons. The Bertz CT molecular complexity index is 481. The Morgan fingerprint density at radius 3 is 2.13 bits per heavy atom. The number of hydrogen-bond donors (Lipinski definition) is 1. The Morgan fingerprint density at radius 2 is 1.61 bits per heavy atom. The first-order valence-electron chi connectivity index (χ1n) is 9.13. The second-order valence-electron chi connectivity index (χ2n) is 6.99. The van der Waals surface area contributed by atoms with Crippen molar-refractivity contribution in [2.24, 2.45) is 5.41 Å². The average molecular weight is 340 g/mol. The van der Waals surface area contributed by atoms with E-state index >= 15 is 0 Å². The topological polar surface area (TPSA) is 38.7 Å². The molecule has 1 N–H and O–H groups in total. The Morgan fingerprint density at radius 1 is 1.00 bits per heavy atom. The van der Waals surface area contributed by atoms with E-state index in [2.05, 4.69) is 20.8 Å². The van der Waals surface area contributed by atoms with E-state index in [1.54, 1.807) is 0 Å². The molecule has 1 heterocycles. The van der Waals surface area contributed by atoms with Gasteiger partial charge in [-0.15, -0.1) is 0 Å². The van der Waals surface area contributed by atoms with Gasteiger partial charge in [-0.1, -0.05) is 0 Å². The van der Waals surface area contributed by atoms with Crippen LogP contribution >= 0.6 is 7.28 Å². The Balaban J connectivity index is 2.26. The zero-order valence-corrected chi connectivity index (χ0v) is 15.9. The van der Waals surface area contributed by atoms with Gasteiger partial charge in [-0.3, -0.25) is 0 Å². The summed E-state index contributed by atoms with van der Waals surface area (Å²) in [6, 6.07) is 9.79. The number of rotatable bonds is 8. The van der Waals surface area contributed by atoms with Crippen molar-refractivity contribution >= 4 is 12.6 Å². The summed E-state index contributed by atoms with van der Waals surface area (Å²) in [6.07, 6.45) is 7.03. The van der Waals surface area contributed by atoms with E-state index in [0.29, 0.717) is 19.4 Å². The normalized spacial score (nSPS) is 27.9. The van der Waals surface area contributed by atoms with Crippen LogP contribution in [0.5, 0.6) is 0 Å². The van der Waals surface area contributed by atoms with Crippen LogP contribution in [0.3, 0.4) is 0 Å². The molecule has 1 aliphatic heterocycles. The SMILES string of the molecule is CCCCC1(CC)COP(O)(CCCC)(c2ccccc2)OC1. The molecule has 132 valence electrons. The monoisotopic (exact) mass is 340 g/mol. The van der Waals surface area contributed by atoms with Gasteiger partial charge >= 0.3 is 141 Å². The van der Waals surface area contributed by atoms with Crippen molar-refractivity contribution in [3.63, 3.8) is 0 Å². The first-order chi connectivity index (χ1) is 11.0. The van der Waals surface area contributed by atoms with Crippen molar-refractivity contribution in [2.45, 2.75) is 59.3 Å². The number of unbranched alkanes of at least 4 members (excludes halogenated alkanes) is 2. The molecule has 0 atom stereocenters. The molecule has 0 spiro atoms. The van der Waals surface area contributed by atoms with Gasteiger partial charge in [-0.05, 0) is 0 Å². The fourth-order valence-electron chi connectivity index (χ4n) is 3.26. The van der Waals surface area contributed by atoms with Crippen LogP contribution in [0.2, 0.25) is 0 Å². The summed E-state index contributed by atoms with van der Waals surface area (Å²) in [5.41, 5.74) is 0.0567. The standard InChI is InChI=1S/C19H33O3P/c1-4-7-14-19(6-3)16-21-23(20,22-17-19,15-8-5-2)18-12-10-9-11-13-18/h9-13,20H,4-8,14-17H2,1-3H3. The van der Waals surface area contributed by atoms with Crippen LogP contribution in [-0.2, 0) is 9.05 Å². The van der Waals surface area contributed by atoms with Crippen LogP contribution in [0.15, 0.2) is 30.3 Å². The summed E-state index contributed by atoms with van der Waals surface area (Å²) >= 11 is 0. The van der Waals surface area contributed by atoms with Crippen LogP contribution in [0.1, 0.15) is 59.3 Å². The number of hydrogen-bond acceptors (Lipinski definition) is 3. The summed E-state index contributed by atoms with van der Waals surface area (Å²) in [4.78, 5) is 11.7. The van der Waals surface area contributed by atoms with E-state index in [0.717, 1.165) is 31.0 Å². The van der Waals surface area contributed by atoms with Gasteiger partial charge in [0.1, 0.15) is 0 Å². The molecule has 0 saturated carbocycles. The molecule has 1 aromatic carbocycles. The molecule has 2 rings (SSSR count). The maximum absolute atomic E-state index is 11.7. The third kappa shape index (κ3) is 3.96. The minimum absolute atomic E-state index is 0.0567. The van der Waals surface area contributed by atoms with Crippen molar-refractivity contribution in [2.75, 3.05) is 19.4 Å². The fraction of sp³-hybridized carbons (Fsp3) is 0.684. The van der Waals surface area contributed by atoms with Crippen LogP contribution < -0.4 is 5.30 Å². The minimum atomic E-state index is -3.72. The summed E-state index contributed by atoms with van der Waals surface area (Å²) < 4.78 is 12.6. The van der Waals surface area contributed by atoms with Gasteiger partial charge in [-0.2, -0.15) is 0 Å². The molecule has 4 heteroatoms. The van der Waals surface area contributed by atoms with E-state index in [1.165, 1.54) is 12.8 Å². The molecule has 1 aliphatic rings. The molecule has 0 amide bonds. The van der Waals surface area contributed by atoms with Crippen LogP contribution in [0.25, 0.3) is 0 Å². The third-order valence-electron chi connectivity index (χ3n) is 5.26. The van der Waals surface area contributed by atoms with Gasteiger partial charge in [0, 0.05) is 0 Å². The molecule has 1 aromatic rings. The van der Waals surface area contributed by atoms with Gasteiger partial charge < -0.3 is 0 Å². The predicted molar refractivity (Wildman–Crippen MR) is 99.1 cm³/mol. The molecular weight excluding hydrogens is 307 g/mol. The van der Waals surface area contributed by atoms with Crippen LogP contribution in [-0.4, -0.2) is 24.3 Å². The molecule has 0 unspecified atom stereocenters. The number of benzene rings is 1. The molecule has 0 aromatic heterocycles. The zero-order chi connectivity index (χ0) is 16.8. The average Bonchev–Trinajstić information content (AvgIpc) is 2.61. The summed E-state index contributed by atoms with van der Waals surface area (Å²) in [6.45, 7) is 7.77. The second-order valence-corrected chi connectivity index (χ2v) is 10.6. The second kappa shape index (κ2) is 7.61. The van der Waals surface area contributed by atoms with Crippen molar-refractivity contribution < 1.29 is 13.9 Å². The maximum atomic E-state index is 11.7. The predicted octanol–water partition coefficient (Wildman–Crippen LogP) is 5.04. The Labute approximate surface area is 141 Å². The van der Waals surface area contributed by atoms with E-state index in [4.69, 9.17) is 9.05 Å². The van der Waals surface area contributed by atoms with Crippen LogP contribution in [0, 0.1) is 5.41 Å². The fourth-order valence-corrected chi connectivity index (χ4v) is 6.87. The molecule has 1 saturated heterocycles. The van der Waals surface area contributed by atoms with Gasteiger partial charge in [0.2, 0.25) is 0 Å². The zero-order valence-electron chi connectivity index (χ0n) is 15.0. The van der Waals surface area contributed by atoms with Crippen LogP contribution in [0.4, 0.5) is 0 Å². The van der Waals surface area contributed by atoms with E-state index < -0.39 is 7.28 Å². The van der Waals surface area contributed by atoms with E-state index in [1.807, 2.05) is 30.3 Å². The van der Waals surface area contributed by atoms with Crippen molar-refractivity contribution in [3.05, 3.63) is 30.3 Å². The van der Waals surface area contributed by atoms with Gasteiger partial charge in [0.15, 0.2) is 0 Å². The van der Waals surface area contributed by atoms with Crippen molar-refractivity contribution in [1.82, 2.24) is 0 Å². The molecule has 23 heavy (non-hydrogen) atoms. The van der Waals surface area contributed by atoms with E-state index in [-0.39, 0.29) is 5.41 Å². The van der Waals surface area contributed by atoms with Gasteiger partial charge in [-0.25, -0.2) is 0 Å². The molecule has 0 aliphatic carbocycles. The van der Waals surface area contributed by atoms with Gasteiger partial charge in [0.25, 0.3) is 0 Å². The molecule has 0 bridgehead atoms. The van der Waals surface area contributed by atoms with Crippen molar-refractivity contribution in [3.8, 4) is 0 Å². The summed E-state index contributed by atoms with van der Waals surface area (Å²) in [7, 11) is -3.72. The third-order valence-corrected chi connectivity index (χ3v) is 9.00. The Hall–Kier alpha value is -0.470. The van der Waals surface area contributed by atoms with E-state index in [9.17, 15) is 4.89 Å². The quantitative estimate of drug-likeness (QED) is 0.674. The van der Waals surface area contributed by atoms with Crippen molar-refractivity contribution in [1.29, 1.82) is 0 Å².